The lowest BCUT2D eigenvalue weighted by Gasteiger charge is -2.19. The van der Waals surface area contributed by atoms with Crippen molar-refractivity contribution in [3.63, 3.8) is 0 Å². The lowest BCUT2D eigenvalue weighted by atomic mass is 10.2. The average Bonchev–Trinajstić information content (AvgIpc) is 2.62. The molecule has 2 saturated heterocycles. The summed E-state index contributed by atoms with van der Waals surface area (Å²) in [5, 5.41) is 4.39. The Hall–Kier alpha value is 0.270. The summed E-state index contributed by atoms with van der Waals surface area (Å²) in [7, 11) is 0. The molecule has 1 spiro atoms. The van der Waals surface area contributed by atoms with Crippen molar-refractivity contribution in [3.8, 4) is 0 Å². The third kappa shape index (κ3) is 1.42. The van der Waals surface area contributed by atoms with Gasteiger partial charge in [-0.25, -0.2) is 0 Å². The van der Waals surface area contributed by atoms with Crippen molar-refractivity contribution >= 4 is 11.8 Å². The quantitative estimate of drug-likeness (QED) is 0.644. The van der Waals surface area contributed by atoms with Gasteiger partial charge in [-0.3, -0.25) is 5.32 Å². The fraction of sp³-hybridized carbons (Fsp3) is 1.00. The SMILES string of the molecule is CCC1CNC2(CCOC2)S1. The Bertz CT molecular complexity index is 145. The number of rotatable bonds is 1. The summed E-state index contributed by atoms with van der Waals surface area (Å²) in [4.78, 5) is 0.306. The van der Waals surface area contributed by atoms with Gasteiger partial charge < -0.3 is 4.74 Å². The molecule has 2 atom stereocenters. The molecule has 0 radical (unpaired) electrons. The largest absolute Gasteiger partial charge is 0.379 e. The highest BCUT2D eigenvalue weighted by Gasteiger charge is 2.41. The standard InChI is InChI=1S/C8H15NOS/c1-2-7-5-9-8(11-7)3-4-10-6-8/h7,9H,2-6H2,1H3. The summed E-state index contributed by atoms with van der Waals surface area (Å²) < 4.78 is 5.39. The Balaban J connectivity index is 1.96. The van der Waals surface area contributed by atoms with Crippen molar-refractivity contribution in [1.82, 2.24) is 5.32 Å². The van der Waals surface area contributed by atoms with E-state index in [4.69, 9.17) is 4.74 Å². The number of hydrogen-bond acceptors (Lipinski definition) is 3. The van der Waals surface area contributed by atoms with E-state index in [0.29, 0.717) is 4.87 Å². The summed E-state index contributed by atoms with van der Waals surface area (Å²) in [6.07, 6.45) is 2.47. The third-order valence-electron chi connectivity index (χ3n) is 2.48. The smallest absolute Gasteiger partial charge is 0.0907 e. The lowest BCUT2D eigenvalue weighted by molar-refractivity contribution is 0.187. The average molecular weight is 173 g/mol. The van der Waals surface area contributed by atoms with Crippen LogP contribution in [-0.4, -0.2) is 29.9 Å². The molecule has 1 N–H and O–H groups in total. The molecule has 2 fully saturated rings. The molecule has 2 unspecified atom stereocenters. The molecule has 0 aliphatic carbocycles. The van der Waals surface area contributed by atoms with Gasteiger partial charge in [0.15, 0.2) is 0 Å². The van der Waals surface area contributed by atoms with Crippen LogP contribution in [0.1, 0.15) is 19.8 Å². The molecule has 0 bridgehead atoms. The summed E-state index contributed by atoms with van der Waals surface area (Å²) in [6, 6.07) is 0. The second-order valence-electron chi connectivity index (χ2n) is 3.33. The highest BCUT2D eigenvalue weighted by atomic mass is 32.2. The molecule has 2 rings (SSSR count). The van der Waals surface area contributed by atoms with Gasteiger partial charge in [0.1, 0.15) is 0 Å². The zero-order valence-electron chi connectivity index (χ0n) is 6.93. The van der Waals surface area contributed by atoms with E-state index >= 15 is 0 Å². The van der Waals surface area contributed by atoms with Crippen LogP contribution in [0, 0.1) is 0 Å². The fourth-order valence-electron chi connectivity index (χ4n) is 1.71. The van der Waals surface area contributed by atoms with E-state index in [0.717, 1.165) is 18.5 Å². The van der Waals surface area contributed by atoms with Crippen molar-refractivity contribution < 1.29 is 4.74 Å². The van der Waals surface area contributed by atoms with Gasteiger partial charge in [-0.15, -0.1) is 11.8 Å². The Morgan fingerprint density at radius 2 is 2.64 bits per heavy atom. The van der Waals surface area contributed by atoms with Gasteiger partial charge in [0.2, 0.25) is 0 Å². The van der Waals surface area contributed by atoms with Crippen molar-refractivity contribution in [2.75, 3.05) is 19.8 Å². The number of ether oxygens (including phenoxy) is 1. The number of thioether (sulfide) groups is 1. The predicted octanol–water partition coefficient (Wildman–Crippen LogP) is 1.22. The van der Waals surface area contributed by atoms with Crippen LogP contribution in [-0.2, 0) is 4.74 Å². The zero-order valence-corrected chi connectivity index (χ0v) is 7.75. The second-order valence-corrected chi connectivity index (χ2v) is 5.01. The maximum Gasteiger partial charge on any atom is 0.0907 e. The van der Waals surface area contributed by atoms with Crippen LogP contribution < -0.4 is 5.32 Å². The minimum absolute atomic E-state index is 0.306. The molecule has 0 aromatic heterocycles. The van der Waals surface area contributed by atoms with E-state index in [2.05, 4.69) is 24.0 Å². The van der Waals surface area contributed by atoms with Crippen LogP contribution in [0.15, 0.2) is 0 Å². The Labute approximate surface area is 72.1 Å². The first-order valence-corrected chi connectivity index (χ1v) is 5.23. The molecule has 0 aromatic rings. The van der Waals surface area contributed by atoms with Crippen LogP contribution in [0.25, 0.3) is 0 Å². The molecule has 64 valence electrons. The summed E-state index contributed by atoms with van der Waals surface area (Å²) in [6.45, 7) is 5.28. The van der Waals surface area contributed by atoms with E-state index in [-0.39, 0.29) is 0 Å². The van der Waals surface area contributed by atoms with Gasteiger partial charge in [-0.05, 0) is 6.42 Å². The normalized spacial score (nSPS) is 43.9. The first kappa shape index (κ1) is 7.90. The van der Waals surface area contributed by atoms with Gasteiger partial charge in [0.25, 0.3) is 0 Å². The zero-order chi connectivity index (χ0) is 7.73. The van der Waals surface area contributed by atoms with Crippen LogP contribution in [0.3, 0.4) is 0 Å². The second kappa shape index (κ2) is 2.96. The summed E-state index contributed by atoms with van der Waals surface area (Å²) in [5.74, 6) is 0. The van der Waals surface area contributed by atoms with Gasteiger partial charge in [0.05, 0.1) is 11.5 Å². The molecule has 0 aromatic carbocycles. The van der Waals surface area contributed by atoms with Crippen LogP contribution >= 0.6 is 11.8 Å². The van der Waals surface area contributed by atoms with Gasteiger partial charge in [0, 0.05) is 24.8 Å². The molecule has 2 heterocycles. The molecule has 11 heavy (non-hydrogen) atoms. The van der Waals surface area contributed by atoms with Gasteiger partial charge >= 0.3 is 0 Å². The lowest BCUT2D eigenvalue weighted by Crippen LogP contribution is -2.37. The molecule has 2 aliphatic rings. The highest BCUT2D eigenvalue weighted by Crippen LogP contribution is 2.39. The highest BCUT2D eigenvalue weighted by molar-refractivity contribution is 8.01. The third-order valence-corrected chi connectivity index (χ3v) is 4.24. The molecule has 2 aliphatic heterocycles. The van der Waals surface area contributed by atoms with Crippen molar-refractivity contribution in [3.05, 3.63) is 0 Å². The van der Waals surface area contributed by atoms with Crippen molar-refractivity contribution in [1.29, 1.82) is 0 Å². The molecular formula is C8H15NOS. The van der Waals surface area contributed by atoms with Crippen molar-refractivity contribution in [2.24, 2.45) is 0 Å². The summed E-state index contributed by atoms with van der Waals surface area (Å²) in [5.41, 5.74) is 0. The van der Waals surface area contributed by atoms with Gasteiger partial charge in [-0.2, -0.15) is 0 Å². The topological polar surface area (TPSA) is 21.3 Å². The van der Waals surface area contributed by atoms with E-state index in [1.807, 2.05) is 0 Å². The van der Waals surface area contributed by atoms with Crippen molar-refractivity contribution in [2.45, 2.75) is 29.9 Å². The van der Waals surface area contributed by atoms with E-state index in [1.54, 1.807) is 0 Å². The summed E-state index contributed by atoms with van der Waals surface area (Å²) >= 11 is 2.08. The van der Waals surface area contributed by atoms with Crippen LogP contribution in [0.4, 0.5) is 0 Å². The van der Waals surface area contributed by atoms with Gasteiger partial charge in [-0.1, -0.05) is 6.92 Å². The van der Waals surface area contributed by atoms with Crippen LogP contribution in [0.5, 0.6) is 0 Å². The molecule has 0 saturated carbocycles. The molecular weight excluding hydrogens is 158 g/mol. The Kier molecular flexibility index (Phi) is 2.12. The van der Waals surface area contributed by atoms with E-state index in [1.165, 1.54) is 19.4 Å². The minimum atomic E-state index is 0.306. The first-order valence-electron chi connectivity index (χ1n) is 4.35. The predicted molar refractivity (Wildman–Crippen MR) is 47.8 cm³/mol. The Morgan fingerprint density at radius 1 is 1.73 bits per heavy atom. The fourth-order valence-corrected chi connectivity index (χ4v) is 3.20. The molecule has 3 heteroatoms. The van der Waals surface area contributed by atoms with E-state index < -0.39 is 0 Å². The molecule has 2 nitrogen and oxygen atoms in total. The number of hydrogen-bond donors (Lipinski definition) is 1. The molecule has 0 amide bonds. The van der Waals surface area contributed by atoms with Crippen LogP contribution in [0.2, 0.25) is 0 Å². The maximum absolute atomic E-state index is 5.39. The Morgan fingerprint density at radius 3 is 3.18 bits per heavy atom. The first-order chi connectivity index (χ1) is 5.35. The van der Waals surface area contributed by atoms with E-state index in [9.17, 15) is 0 Å². The minimum Gasteiger partial charge on any atom is -0.379 e. The monoisotopic (exact) mass is 173 g/mol. The maximum atomic E-state index is 5.39. The number of nitrogens with one attached hydrogen (secondary N) is 1.